The smallest absolute Gasteiger partial charge is 0.416 e. The van der Waals surface area contributed by atoms with Crippen molar-refractivity contribution < 1.29 is 35.9 Å². The summed E-state index contributed by atoms with van der Waals surface area (Å²) in [7, 11) is 0. The number of esters is 1. The Balaban J connectivity index is 1.71. The molecule has 0 N–H and O–H groups in total. The van der Waals surface area contributed by atoms with Crippen molar-refractivity contribution in [1.29, 1.82) is 0 Å². The van der Waals surface area contributed by atoms with Crippen LogP contribution >= 0.6 is 0 Å². The van der Waals surface area contributed by atoms with Gasteiger partial charge in [0.2, 0.25) is 0 Å². The van der Waals surface area contributed by atoms with Crippen molar-refractivity contribution in [3.63, 3.8) is 0 Å². The molecule has 0 bridgehead atoms. The second-order valence-electron chi connectivity index (χ2n) is 9.59. The Morgan fingerprint density at radius 1 is 0.973 bits per heavy atom. The highest BCUT2D eigenvalue weighted by molar-refractivity contribution is 5.89. The van der Waals surface area contributed by atoms with E-state index < -0.39 is 35.2 Å². The summed E-state index contributed by atoms with van der Waals surface area (Å²) in [6.07, 6.45) is -5.53. The van der Waals surface area contributed by atoms with E-state index in [1.54, 1.807) is 30.3 Å². The molecule has 1 aliphatic rings. The molecule has 1 fully saturated rings. The zero-order chi connectivity index (χ0) is 26.8. The third kappa shape index (κ3) is 5.75. The van der Waals surface area contributed by atoms with Crippen LogP contribution < -0.4 is 0 Å². The van der Waals surface area contributed by atoms with E-state index in [9.17, 15) is 31.1 Å². The summed E-state index contributed by atoms with van der Waals surface area (Å²) in [5, 5.41) is 0.471. The van der Waals surface area contributed by atoms with Gasteiger partial charge in [-0.3, -0.25) is 4.98 Å². The lowest BCUT2D eigenvalue weighted by Gasteiger charge is -2.41. The van der Waals surface area contributed by atoms with Crippen molar-refractivity contribution in [2.45, 2.75) is 63.2 Å². The number of halogens is 6. The van der Waals surface area contributed by atoms with Crippen LogP contribution in [0.4, 0.5) is 26.3 Å². The summed E-state index contributed by atoms with van der Waals surface area (Å²) in [6.45, 7) is 2.28. The van der Waals surface area contributed by atoms with Crippen LogP contribution in [-0.2, 0) is 16.3 Å². The van der Waals surface area contributed by atoms with Crippen LogP contribution in [0.3, 0.4) is 0 Å². The van der Waals surface area contributed by atoms with Crippen LogP contribution in [0, 0.1) is 5.92 Å². The van der Waals surface area contributed by atoms with E-state index in [1.165, 1.54) is 12.3 Å². The van der Waals surface area contributed by atoms with Crippen molar-refractivity contribution in [1.82, 2.24) is 4.98 Å². The number of carbonyl (C=O) groups excluding carboxylic acids is 1. The number of fused-ring (bicyclic) bond motifs is 1. The first-order chi connectivity index (χ1) is 17.4. The molecule has 3 aromatic rings. The molecule has 0 spiro atoms. The predicted molar refractivity (Wildman–Crippen MR) is 127 cm³/mol. The van der Waals surface area contributed by atoms with Crippen LogP contribution in [0.2, 0.25) is 0 Å². The molecule has 0 unspecified atom stereocenters. The number of hydrogen-bond donors (Lipinski definition) is 0. The van der Waals surface area contributed by atoms with Crippen LogP contribution in [-0.4, -0.2) is 23.7 Å². The maximum Gasteiger partial charge on any atom is 0.416 e. The SMILES string of the molecule is CCCCOC(=O)c1ccc(C2(c3cnc4cc(C(F)(F)F)ccc4c3)CCC(C(F)(F)F)CC2)cc1. The van der Waals surface area contributed by atoms with E-state index in [-0.39, 0.29) is 31.2 Å². The Morgan fingerprint density at radius 2 is 1.65 bits per heavy atom. The molecule has 0 atom stereocenters. The molecule has 9 heteroatoms. The van der Waals surface area contributed by atoms with Gasteiger partial charge < -0.3 is 4.74 Å². The zero-order valence-corrected chi connectivity index (χ0v) is 20.3. The molecule has 37 heavy (non-hydrogen) atoms. The van der Waals surface area contributed by atoms with Crippen molar-refractivity contribution in [2.24, 2.45) is 5.92 Å². The van der Waals surface area contributed by atoms with Crippen LogP contribution in [0.25, 0.3) is 10.9 Å². The molecule has 1 aromatic heterocycles. The number of carbonyl (C=O) groups is 1. The van der Waals surface area contributed by atoms with Gasteiger partial charge in [-0.2, -0.15) is 26.3 Å². The van der Waals surface area contributed by atoms with Gasteiger partial charge in [0.1, 0.15) is 0 Å². The van der Waals surface area contributed by atoms with Crippen molar-refractivity contribution >= 4 is 16.9 Å². The van der Waals surface area contributed by atoms with Gasteiger partial charge in [-0.15, -0.1) is 0 Å². The van der Waals surface area contributed by atoms with E-state index in [2.05, 4.69) is 4.98 Å². The van der Waals surface area contributed by atoms with Crippen LogP contribution in [0.1, 0.15) is 72.5 Å². The monoisotopic (exact) mass is 523 g/mol. The largest absolute Gasteiger partial charge is 0.462 e. The summed E-state index contributed by atoms with van der Waals surface area (Å²) in [5.41, 5.74) is 0.223. The molecule has 1 heterocycles. The van der Waals surface area contributed by atoms with Gasteiger partial charge in [-0.25, -0.2) is 4.79 Å². The lowest BCUT2D eigenvalue weighted by Crippen LogP contribution is -2.37. The van der Waals surface area contributed by atoms with Crippen molar-refractivity contribution in [3.8, 4) is 0 Å². The van der Waals surface area contributed by atoms with E-state index >= 15 is 0 Å². The Kier molecular flexibility index (Phi) is 7.53. The van der Waals surface area contributed by atoms with Gasteiger partial charge in [0, 0.05) is 17.0 Å². The molecule has 0 radical (unpaired) electrons. The maximum atomic E-state index is 13.5. The number of aromatic nitrogens is 1. The molecule has 0 saturated heterocycles. The third-order valence-corrected chi connectivity index (χ3v) is 7.27. The molecule has 3 nitrogen and oxygen atoms in total. The molecule has 1 saturated carbocycles. The van der Waals surface area contributed by atoms with Gasteiger partial charge in [-0.05, 0) is 73.6 Å². The molecule has 4 rings (SSSR count). The zero-order valence-electron chi connectivity index (χ0n) is 20.3. The number of unbranched alkanes of at least 4 members (excludes halogenated alkanes) is 1. The third-order valence-electron chi connectivity index (χ3n) is 7.27. The summed E-state index contributed by atoms with van der Waals surface area (Å²) in [4.78, 5) is 16.6. The van der Waals surface area contributed by atoms with E-state index in [1.807, 2.05) is 6.92 Å². The lowest BCUT2D eigenvalue weighted by molar-refractivity contribution is -0.184. The van der Waals surface area contributed by atoms with Gasteiger partial charge in [0.15, 0.2) is 0 Å². The average molecular weight is 524 g/mol. The fraction of sp³-hybridized carbons (Fsp3) is 0.429. The predicted octanol–water partition coefficient (Wildman–Crippen LogP) is 8.25. The quantitative estimate of drug-likeness (QED) is 0.186. The lowest BCUT2D eigenvalue weighted by atomic mass is 9.63. The van der Waals surface area contributed by atoms with Crippen LogP contribution in [0.15, 0.2) is 54.7 Å². The highest BCUT2D eigenvalue weighted by Crippen LogP contribution is 2.50. The molecule has 198 valence electrons. The topological polar surface area (TPSA) is 39.2 Å². The Bertz CT molecular complexity index is 1240. The van der Waals surface area contributed by atoms with Crippen molar-refractivity contribution in [3.05, 3.63) is 77.0 Å². The van der Waals surface area contributed by atoms with E-state index in [0.717, 1.165) is 30.5 Å². The first kappa shape index (κ1) is 26.9. The fourth-order valence-electron chi connectivity index (χ4n) is 5.06. The Hall–Kier alpha value is -3.10. The average Bonchev–Trinajstić information content (AvgIpc) is 2.87. The molecular formula is C28H27F6NO2. The number of ether oxygens (including phenoxy) is 1. The van der Waals surface area contributed by atoms with Gasteiger partial charge in [-0.1, -0.05) is 31.5 Å². The molecule has 0 aliphatic heterocycles. The van der Waals surface area contributed by atoms with E-state index in [4.69, 9.17) is 4.74 Å². The number of pyridine rings is 1. The van der Waals surface area contributed by atoms with E-state index in [0.29, 0.717) is 23.1 Å². The molecular weight excluding hydrogens is 496 g/mol. The Labute approximate surface area is 210 Å². The normalized spacial score (nSPS) is 20.7. The maximum absolute atomic E-state index is 13.5. The van der Waals surface area contributed by atoms with Gasteiger partial charge in [0.05, 0.1) is 29.2 Å². The van der Waals surface area contributed by atoms with Crippen LogP contribution in [0.5, 0.6) is 0 Å². The number of hydrogen-bond acceptors (Lipinski definition) is 3. The number of benzene rings is 2. The minimum Gasteiger partial charge on any atom is -0.462 e. The Morgan fingerprint density at radius 3 is 2.24 bits per heavy atom. The second kappa shape index (κ2) is 10.3. The van der Waals surface area contributed by atoms with Crippen molar-refractivity contribution in [2.75, 3.05) is 6.61 Å². The summed E-state index contributed by atoms with van der Waals surface area (Å²) in [6, 6.07) is 11.6. The molecule has 2 aromatic carbocycles. The summed E-state index contributed by atoms with van der Waals surface area (Å²) < 4.78 is 85.0. The highest BCUT2D eigenvalue weighted by Gasteiger charge is 2.47. The summed E-state index contributed by atoms with van der Waals surface area (Å²) >= 11 is 0. The first-order valence-corrected chi connectivity index (χ1v) is 12.3. The first-order valence-electron chi connectivity index (χ1n) is 12.3. The number of alkyl halides is 6. The number of rotatable bonds is 6. The summed E-state index contributed by atoms with van der Waals surface area (Å²) in [5.74, 6) is -1.89. The fourth-order valence-corrected chi connectivity index (χ4v) is 5.06. The minimum atomic E-state index is -4.51. The second-order valence-corrected chi connectivity index (χ2v) is 9.59. The van der Waals surface area contributed by atoms with Gasteiger partial charge in [0.25, 0.3) is 0 Å². The minimum absolute atomic E-state index is 0.0879. The standard InChI is InChI=1S/C28H27F6NO2/c1-2-3-14-37-25(36)18-4-7-20(8-5-18)26(12-10-21(11-13-26)27(29,30)31)23-15-19-6-9-22(28(32,33)34)16-24(19)35-17-23/h4-9,15-17,21H,2-3,10-14H2,1H3. The molecule has 1 aliphatic carbocycles. The molecule has 0 amide bonds. The number of nitrogens with zero attached hydrogens (tertiary/aromatic N) is 1. The highest BCUT2D eigenvalue weighted by atomic mass is 19.4. The van der Waals surface area contributed by atoms with Gasteiger partial charge >= 0.3 is 18.3 Å².